The smallest absolute Gasteiger partial charge is 0.334 e. The van der Waals surface area contributed by atoms with Crippen LogP contribution < -0.4 is 0 Å². The largest absolute Gasteiger partial charge is 0.478 e. The van der Waals surface area contributed by atoms with Crippen molar-refractivity contribution < 1.29 is 15.0 Å². The molecule has 0 radical (unpaired) electrons. The molecule has 0 aliphatic carbocycles. The second-order valence-electron chi connectivity index (χ2n) is 7.60. The number of hydrogen-bond acceptors (Lipinski definition) is 2. The topological polar surface area (TPSA) is 57.5 Å². The van der Waals surface area contributed by atoms with Gasteiger partial charge >= 0.3 is 5.97 Å². The van der Waals surface area contributed by atoms with Crippen molar-refractivity contribution in [2.75, 3.05) is 0 Å². The molecule has 1 unspecified atom stereocenters. The van der Waals surface area contributed by atoms with Crippen LogP contribution in [0.1, 0.15) is 103 Å². The fourth-order valence-electron chi connectivity index (χ4n) is 3.52. The van der Waals surface area contributed by atoms with Crippen LogP contribution in [0.4, 0.5) is 0 Å². The van der Waals surface area contributed by atoms with Crippen molar-refractivity contribution in [3.05, 3.63) is 47.0 Å². The number of aliphatic carboxylic acids is 1. The van der Waals surface area contributed by atoms with Crippen LogP contribution in [-0.4, -0.2) is 16.2 Å². The van der Waals surface area contributed by atoms with Gasteiger partial charge < -0.3 is 10.2 Å². The standard InChI is InChI=1S/C24H38O3/c1-3-4-5-6-7-8-9-10-11-12-14-17-20(2)22(24(26)27)23(25)21-18-15-13-16-19-21/h13,15-16,18-19,23,25H,3-12,14,17H2,1-2H3,(H,26,27). The molecule has 1 rings (SSSR count). The summed E-state index contributed by atoms with van der Waals surface area (Å²) in [6.07, 6.45) is 13.7. The molecule has 0 spiro atoms. The number of carboxylic acid groups (broad SMARTS) is 1. The van der Waals surface area contributed by atoms with Crippen molar-refractivity contribution in [2.24, 2.45) is 0 Å². The first kappa shape index (κ1) is 23.4. The lowest BCUT2D eigenvalue weighted by Crippen LogP contribution is -2.13. The molecule has 3 heteroatoms. The highest BCUT2D eigenvalue weighted by atomic mass is 16.4. The Morgan fingerprint density at radius 3 is 1.81 bits per heavy atom. The number of carbonyl (C=O) groups is 1. The quantitative estimate of drug-likeness (QED) is 0.261. The maximum Gasteiger partial charge on any atom is 0.334 e. The van der Waals surface area contributed by atoms with Crippen molar-refractivity contribution in [1.82, 2.24) is 0 Å². The summed E-state index contributed by atoms with van der Waals surface area (Å²) in [7, 11) is 0. The Bertz CT molecular complexity index is 548. The predicted octanol–water partition coefficient (Wildman–Crippen LogP) is 6.82. The van der Waals surface area contributed by atoms with E-state index < -0.39 is 12.1 Å². The van der Waals surface area contributed by atoms with E-state index in [1.807, 2.05) is 25.1 Å². The lowest BCUT2D eigenvalue weighted by Gasteiger charge is -2.15. The molecular formula is C24H38O3. The van der Waals surface area contributed by atoms with Gasteiger partial charge in [-0.25, -0.2) is 4.79 Å². The molecule has 0 heterocycles. The summed E-state index contributed by atoms with van der Waals surface area (Å²) in [4.78, 5) is 11.6. The molecule has 1 atom stereocenters. The molecule has 0 saturated carbocycles. The normalized spacial score (nSPS) is 13.3. The van der Waals surface area contributed by atoms with Crippen molar-refractivity contribution in [3.8, 4) is 0 Å². The SMILES string of the molecule is CCCCCCCCCCCCCC(C)=C(C(=O)O)C(O)c1ccccc1. The average molecular weight is 375 g/mol. The van der Waals surface area contributed by atoms with E-state index in [2.05, 4.69) is 6.92 Å². The minimum atomic E-state index is -1.06. The monoisotopic (exact) mass is 374 g/mol. The number of rotatable bonds is 15. The van der Waals surface area contributed by atoms with E-state index >= 15 is 0 Å². The van der Waals surface area contributed by atoms with E-state index in [1.54, 1.807) is 12.1 Å². The molecular weight excluding hydrogens is 336 g/mol. The van der Waals surface area contributed by atoms with Crippen LogP contribution >= 0.6 is 0 Å². The van der Waals surface area contributed by atoms with Gasteiger partial charge in [0, 0.05) is 0 Å². The number of aliphatic hydroxyl groups excluding tert-OH is 1. The molecule has 1 aromatic carbocycles. The van der Waals surface area contributed by atoms with Gasteiger partial charge in [0.2, 0.25) is 0 Å². The fraction of sp³-hybridized carbons (Fsp3) is 0.625. The zero-order chi connectivity index (χ0) is 19.9. The van der Waals surface area contributed by atoms with Gasteiger partial charge in [0.05, 0.1) is 5.57 Å². The lowest BCUT2D eigenvalue weighted by atomic mass is 9.94. The Morgan fingerprint density at radius 1 is 0.852 bits per heavy atom. The molecule has 0 saturated heterocycles. The third-order valence-electron chi connectivity index (χ3n) is 5.23. The molecule has 27 heavy (non-hydrogen) atoms. The average Bonchev–Trinajstić information content (AvgIpc) is 2.66. The predicted molar refractivity (Wildman–Crippen MR) is 113 cm³/mol. The van der Waals surface area contributed by atoms with Gasteiger partial charge in [0.15, 0.2) is 0 Å². The van der Waals surface area contributed by atoms with E-state index in [0.29, 0.717) is 5.56 Å². The van der Waals surface area contributed by atoms with E-state index in [9.17, 15) is 15.0 Å². The van der Waals surface area contributed by atoms with Crippen LogP contribution in [0.3, 0.4) is 0 Å². The molecule has 0 fully saturated rings. The number of aliphatic hydroxyl groups is 1. The van der Waals surface area contributed by atoms with E-state index in [1.165, 1.54) is 57.8 Å². The zero-order valence-electron chi connectivity index (χ0n) is 17.3. The number of unbranched alkanes of at least 4 members (excludes halogenated alkanes) is 10. The third kappa shape index (κ3) is 9.76. The van der Waals surface area contributed by atoms with Crippen LogP contribution in [0.5, 0.6) is 0 Å². The summed E-state index contributed by atoms with van der Waals surface area (Å²) in [6, 6.07) is 9.03. The van der Waals surface area contributed by atoms with Gasteiger partial charge in [-0.2, -0.15) is 0 Å². The first-order valence-corrected chi connectivity index (χ1v) is 10.7. The van der Waals surface area contributed by atoms with Gasteiger partial charge in [0.1, 0.15) is 6.10 Å². The Labute approximate surface area is 165 Å². The number of carboxylic acids is 1. The second kappa shape index (κ2) is 14.4. The molecule has 0 bridgehead atoms. The summed E-state index contributed by atoms with van der Waals surface area (Å²) in [5.41, 5.74) is 1.55. The minimum absolute atomic E-state index is 0.133. The summed E-state index contributed by atoms with van der Waals surface area (Å²) < 4.78 is 0. The van der Waals surface area contributed by atoms with Crippen LogP contribution in [0.2, 0.25) is 0 Å². The number of benzene rings is 1. The first-order chi connectivity index (χ1) is 13.1. The molecule has 1 aromatic rings. The van der Waals surface area contributed by atoms with Gasteiger partial charge in [-0.3, -0.25) is 0 Å². The maximum atomic E-state index is 11.6. The molecule has 0 amide bonds. The Morgan fingerprint density at radius 2 is 1.33 bits per heavy atom. The Kier molecular flexibility index (Phi) is 12.5. The fourth-order valence-corrected chi connectivity index (χ4v) is 3.52. The Hall–Kier alpha value is -1.61. The summed E-state index contributed by atoms with van der Waals surface area (Å²) in [5, 5.41) is 20.0. The van der Waals surface area contributed by atoms with Crippen molar-refractivity contribution in [1.29, 1.82) is 0 Å². The van der Waals surface area contributed by atoms with Crippen LogP contribution in [0.15, 0.2) is 41.5 Å². The van der Waals surface area contributed by atoms with E-state index in [4.69, 9.17) is 0 Å². The van der Waals surface area contributed by atoms with Gasteiger partial charge in [0.25, 0.3) is 0 Å². The lowest BCUT2D eigenvalue weighted by molar-refractivity contribution is -0.133. The number of hydrogen-bond donors (Lipinski definition) is 2. The van der Waals surface area contributed by atoms with E-state index in [0.717, 1.165) is 24.8 Å². The summed E-state index contributed by atoms with van der Waals surface area (Å²) >= 11 is 0. The second-order valence-corrected chi connectivity index (χ2v) is 7.60. The molecule has 0 aromatic heterocycles. The molecule has 0 aliphatic heterocycles. The highest BCUT2D eigenvalue weighted by molar-refractivity contribution is 5.88. The van der Waals surface area contributed by atoms with Gasteiger partial charge in [-0.1, -0.05) is 107 Å². The Balaban J connectivity index is 2.29. The van der Waals surface area contributed by atoms with Crippen LogP contribution in [-0.2, 0) is 4.79 Å². The highest BCUT2D eigenvalue weighted by Crippen LogP contribution is 2.27. The summed E-state index contributed by atoms with van der Waals surface area (Å²) in [6.45, 7) is 4.09. The van der Waals surface area contributed by atoms with Crippen LogP contribution in [0.25, 0.3) is 0 Å². The molecule has 3 nitrogen and oxygen atoms in total. The first-order valence-electron chi connectivity index (χ1n) is 10.7. The zero-order valence-corrected chi connectivity index (χ0v) is 17.3. The summed E-state index contributed by atoms with van der Waals surface area (Å²) in [5.74, 6) is -1.02. The number of allylic oxidation sites excluding steroid dienone is 1. The van der Waals surface area contributed by atoms with Crippen molar-refractivity contribution >= 4 is 5.97 Å². The van der Waals surface area contributed by atoms with Crippen LogP contribution in [0, 0.1) is 0 Å². The highest BCUT2D eigenvalue weighted by Gasteiger charge is 2.22. The van der Waals surface area contributed by atoms with Crippen molar-refractivity contribution in [2.45, 2.75) is 97.0 Å². The van der Waals surface area contributed by atoms with Crippen molar-refractivity contribution in [3.63, 3.8) is 0 Å². The van der Waals surface area contributed by atoms with Gasteiger partial charge in [-0.15, -0.1) is 0 Å². The van der Waals surface area contributed by atoms with E-state index in [-0.39, 0.29) is 5.57 Å². The third-order valence-corrected chi connectivity index (χ3v) is 5.23. The molecule has 152 valence electrons. The molecule has 0 aliphatic rings. The maximum absolute atomic E-state index is 11.6. The minimum Gasteiger partial charge on any atom is -0.478 e. The molecule has 2 N–H and O–H groups in total. The van der Waals surface area contributed by atoms with Gasteiger partial charge in [-0.05, 0) is 25.3 Å².